The van der Waals surface area contributed by atoms with E-state index in [1.807, 2.05) is 37.3 Å². The molecule has 174 valence electrons. The molecule has 0 aromatic heterocycles. The minimum atomic E-state index is -3.98. The fourth-order valence-electron chi connectivity index (χ4n) is 3.33. The van der Waals surface area contributed by atoms with Crippen LogP contribution in [-0.4, -0.2) is 34.1 Å². The van der Waals surface area contributed by atoms with Crippen molar-refractivity contribution in [1.82, 2.24) is 4.72 Å². The fraction of sp³-hybridized carbons (Fsp3) is 0.240. The van der Waals surface area contributed by atoms with E-state index < -0.39 is 22.0 Å². The SMILES string of the molecule is CCOc1ccc(S(=O)(=O)N[C@@H](Cc2ccccc2)C(=O)Nc2cccc(OC)c2)cc1C. The second kappa shape index (κ2) is 11.0. The monoisotopic (exact) mass is 468 g/mol. The van der Waals surface area contributed by atoms with Gasteiger partial charge in [0.2, 0.25) is 15.9 Å². The van der Waals surface area contributed by atoms with Crippen LogP contribution in [0.25, 0.3) is 0 Å². The Morgan fingerprint density at radius 2 is 1.76 bits per heavy atom. The van der Waals surface area contributed by atoms with Crippen LogP contribution in [0.5, 0.6) is 11.5 Å². The lowest BCUT2D eigenvalue weighted by atomic mass is 10.1. The van der Waals surface area contributed by atoms with E-state index in [0.717, 1.165) is 5.56 Å². The van der Waals surface area contributed by atoms with Crippen molar-refractivity contribution in [3.63, 3.8) is 0 Å². The Morgan fingerprint density at radius 1 is 1.00 bits per heavy atom. The number of carbonyl (C=O) groups excluding carboxylic acids is 1. The molecule has 1 atom stereocenters. The first kappa shape index (κ1) is 24.3. The molecular formula is C25H28N2O5S. The maximum Gasteiger partial charge on any atom is 0.242 e. The summed E-state index contributed by atoms with van der Waals surface area (Å²) in [5.74, 6) is 0.726. The zero-order chi connectivity index (χ0) is 23.8. The highest BCUT2D eigenvalue weighted by atomic mass is 32.2. The first-order valence-electron chi connectivity index (χ1n) is 10.6. The number of aryl methyl sites for hydroxylation is 1. The summed E-state index contributed by atoms with van der Waals surface area (Å²) in [7, 11) is -2.44. The van der Waals surface area contributed by atoms with E-state index in [9.17, 15) is 13.2 Å². The third kappa shape index (κ3) is 6.57. The smallest absolute Gasteiger partial charge is 0.242 e. The number of hydrogen-bond acceptors (Lipinski definition) is 5. The second-order valence-electron chi connectivity index (χ2n) is 7.45. The Labute approximate surface area is 194 Å². The highest BCUT2D eigenvalue weighted by molar-refractivity contribution is 7.89. The molecule has 0 fully saturated rings. The van der Waals surface area contributed by atoms with Crippen LogP contribution in [0.2, 0.25) is 0 Å². The van der Waals surface area contributed by atoms with Gasteiger partial charge in [-0.2, -0.15) is 4.72 Å². The van der Waals surface area contributed by atoms with Crippen LogP contribution < -0.4 is 19.5 Å². The first-order chi connectivity index (χ1) is 15.8. The van der Waals surface area contributed by atoms with E-state index >= 15 is 0 Å². The molecule has 3 rings (SSSR count). The molecule has 1 amide bonds. The second-order valence-corrected chi connectivity index (χ2v) is 9.16. The standard InChI is InChI=1S/C25H28N2O5S/c1-4-32-24-14-13-22(15-18(24)2)33(29,30)27-23(16-19-9-6-5-7-10-19)25(28)26-20-11-8-12-21(17-20)31-3/h5-15,17,23,27H,4,16H2,1-3H3,(H,26,28)/t23-/m0/s1. The molecule has 33 heavy (non-hydrogen) atoms. The number of methoxy groups -OCH3 is 1. The van der Waals surface area contributed by atoms with E-state index in [-0.39, 0.29) is 11.3 Å². The van der Waals surface area contributed by atoms with E-state index in [1.54, 1.807) is 37.3 Å². The maximum atomic E-state index is 13.2. The molecular weight excluding hydrogens is 440 g/mol. The molecule has 0 aliphatic heterocycles. The van der Waals surface area contributed by atoms with Gasteiger partial charge in [0.1, 0.15) is 17.5 Å². The third-order valence-corrected chi connectivity index (χ3v) is 6.46. The molecule has 3 aromatic rings. The van der Waals surface area contributed by atoms with Crippen LogP contribution in [0.4, 0.5) is 5.69 Å². The molecule has 0 aliphatic rings. The van der Waals surface area contributed by atoms with Crippen molar-refractivity contribution < 1.29 is 22.7 Å². The summed E-state index contributed by atoms with van der Waals surface area (Å²) >= 11 is 0. The van der Waals surface area contributed by atoms with E-state index in [1.165, 1.54) is 19.2 Å². The number of benzene rings is 3. The van der Waals surface area contributed by atoms with Crippen LogP contribution in [-0.2, 0) is 21.2 Å². The van der Waals surface area contributed by atoms with Gasteiger partial charge in [0, 0.05) is 11.8 Å². The molecule has 7 nitrogen and oxygen atoms in total. The third-order valence-electron chi connectivity index (χ3n) is 4.99. The number of amides is 1. The molecule has 0 unspecified atom stereocenters. The highest BCUT2D eigenvalue weighted by Gasteiger charge is 2.27. The molecule has 2 N–H and O–H groups in total. The lowest BCUT2D eigenvalue weighted by Gasteiger charge is -2.19. The van der Waals surface area contributed by atoms with Gasteiger partial charge in [-0.25, -0.2) is 8.42 Å². The van der Waals surface area contributed by atoms with Crippen LogP contribution >= 0.6 is 0 Å². The summed E-state index contributed by atoms with van der Waals surface area (Å²) in [5.41, 5.74) is 2.03. The zero-order valence-electron chi connectivity index (χ0n) is 18.9. The average Bonchev–Trinajstić information content (AvgIpc) is 2.80. The van der Waals surface area contributed by atoms with Crippen molar-refractivity contribution >= 4 is 21.6 Å². The van der Waals surface area contributed by atoms with Gasteiger partial charge in [-0.1, -0.05) is 36.4 Å². The average molecular weight is 469 g/mol. The summed E-state index contributed by atoms with van der Waals surface area (Å²) in [6.45, 7) is 4.12. The predicted molar refractivity (Wildman–Crippen MR) is 128 cm³/mol. The number of ether oxygens (including phenoxy) is 2. The van der Waals surface area contributed by atoms with Gasteiger partial charge in [0.05, 0.1) is 18.6 Å². The summed E-state index contributed by atoms with van der Waals surface area (Å²) in [6, 6.07) is 19.7. The fourth-order valence-corrected chi connectivity index (χ4v) is 4.61. The Hall–Kier alpha value is -3.36. The van der Waals surface area contributed by atoms with E-state index in [0.29, 0.717) is 29.4 Å². The summed E-state index contributed by atoms with van der Waals surface area (Å²) < 4.78 is 39.6. The molecule has 3 aromatic carbocycles. The Bertz CT molecular complexity index is 1200. The van der Waals surface area contributed by atoms with Crippen LogP contribution in [0.15, 0.2) is 77.7 Å². The van der Waals surface area contributed by atoms with Crippen molar-refractivity contribution in [3.8, 4) is 11.5 Å². The topological polar surface area (TPSA) is 93.7 Å². The number of rotatable bonds is 10. The van der Waals surface area contributed by atoms with Crippen molar-refractivity contribution in [2.75, 3.05) is 19.0 Å². The minimum absolute atomic E-state index is 0.0655. The first-order valence-corrected chi connectivity index (χ1v) is 12.1. The maximum absolute atomic E-state index is 13.2. The van der Waals surface area contributed by atoms with Gasteiger partial charge >= 0.3 is 0 Å². The normalized spacial score (nSPS) is 12.1. The number of nitrogens with one attached hydrogen (secondary N) is 2. The van der Waals surface area contributed by atoms with Gasteiger partial charge in [0.25, 0.3) is 0 Å². The minimum Gasteiger partial charge on any atom is -0.497 e. The summed E-state index contributed by atoms with van der Waals surface area (Å²) in [5, 5.41) is 2.78. The molecule has 0 bridgehead atoms. The van der Waals surface area contributed by atoms with Crippen molar-refractivity contribution in [2.24, 2.45) is 0 Å². The van der Waals surface area contributed by atoms with Crippen molar-refractivity contribution in [1.29, 1.82) is 0 Å². The summed E-state index contributed by atoms with van der Waals surface area (Å²) in [4.78, 5) is 13.2. The Balaban J connectivity index is 1.87. The van der Waals surface area contributed by atoms with Gasteiger partial charge in [-0.15, -0.1) is 0 Å². The van der Waals surface area contributed by atoms with E-state index in [2.05, 4.69) is 10.0 Å². The largest absolute Gasteiger partial charge is 0.497 e. The number of hydrogen-bond donors (Lipinski definition) is 2. The molecule has 0 spiro atoms. The van der Waals surface area contributed by atoms with Crippen molar-refractivity contribution in [3.05, 3.63) is 83.9 Å². The number of anilines is 1. The van der Waals surface area contributed by atoms with Crippen LogP contribution in [0.3, 0.4) is 0 Å². The van der Waals surface area contributed by atoms with Crippen LogP contribution in [0, 0.1) is 6.92 Å². The lowest BCUT2D eigenvalue weighted by Crippen LogP contribution is -2.45. The molecule has 0 heterocycles. The van der Waals surface area contributed by atoms with E-state index in [4.69, 9.17) is 9.47 Å². The predicted octanol–water partition coefficient (Wildman–Crippen LogP) is 3.93. The van der Waals surface area contributed by atoms with Crippen molar-refractivity contribution in [2.45, 2.75) is 31.2 Å². The molecule has 0 saturated heterocycles. The lowest BCUT2D eigenvalue weighted by molar-refractivity contribution is -0.117. The van der Waals surface area contributed by atoms with Gasteiger partial charge in [-0.3, -0.25) is 4.79 Å². The highest BCUT2D eigenvalue weighted by Crippen LogP contribution is 2.23. The Kier molecular flexibility index (Phi) is 8.08. The number of carbonyl (C=O) groups is 1. The zero-order valence-corrected chi connectivity index (χ0v) is 19.7. The van der Waals surface area contributed by atoms with Crippen LogP contribution in [0.1, 0.15) is 18.1 Å². The molecule has 0 saturated carbocycles. The van der Waals surface area contributed by atoms with Gasteiger partial charge in [0.15, 0.2) is 0 Å². The molecule has 8 heteroatoms. The van der Waals surface area contributed by atoms with Gasteiger partial charge in [-0.05, 0) is 61.7 Å². The quantitative estimate of drug-likeness (QED) is 0.470. The van der Waals surface area contributed by atoms with Gasteiger partial charge < -0.3 is 14.8 Å². The molecule has 0 aliphatic carbocycles. The number of sulfonamides is 1. The summed E-state index contributed by atoms with van der Waals surface area (Å²) in [6.07, 6.45) is 0.186. The Morgan fingerprint density at radius 3 is 2.42 bits per heavy atom. The molecule has 0 radical (unpaired) electrons.